The van der Waals surface area contributed by atoms with E-state index in [9.17, 15) is 9.59 Å². The van der Waals surface area contributed by atoms with Crippen molar-refractivity contribution in [2.24, 2.45) is 0 Å². The number of hydrogen-bond donors (Lipinski definition) is 0. The van der Waals surface area contributed by atoms with Crippen molar-refractivity contribution in [2.75, 3.05) is 0 Å². The minimum absolute atomic E-state index is 0.396. The number of fused-ring (bicyclic) bond motifs is 1. The fourth-order valence-electron chi connectivity index (χ4n) is 2.61. The van der Waals surface area contributed by atoms with Gasteiger partial charge in [-0.2, -0.15) is 0 Å². The molecule has 0 amide bonds. The molecule has 0 spiro atoms. The number of esters is 1. The van der Waals surface area contributed by atoms with Gasteiger partial charge in [-0.05, 0) is 30.2 Å². The van der Waals surface area contributed by atoms with E-state index in [2.05, 4.69) is 0 Å². The SMILES string of the molecule is Cc1cc2c(c(-c3cccc(C=O)c3)c1)C(=O)OC(C)(C)O2. The summed E-state index contributed by atoms with van der Waals surface area (Å²) in [4.78, 5) is 23.4. The molecule has 1 heterocycles. The number of aryl methyl sites for hydroxylation is 1. The normalized spacial score (nSPS) is 15.5. The summed E-state index contributed by atoms with van der Waals surface area (Å²) in [7, 11) is 0. The maximum Gasteiger partial charge on any atom is 0.345 e. The Hall–Kier alpha value is -2.62. The average molecular weight is 296 g/mol. The molecular weight excluding hydrogens is 280 g/mol. The minimum Gasteiger partial charge on any atom is -0.452 e. The van der Waals surface area contributed by atoms with Crippen molar-refractivity contribution in [2.45, 2.75) is 26.6 Å². The van der Waals surface area contributed by atoms with Crippen molar-refractivity contribution in [3.8, 4) is 16.9 Å². The molecule has 0 fully saturated rings. The van der Waals surface area contributed by atoms with Crippen molar-refractivity contribution in [3.05, 3.63) is 53.1 Å². The molecule has 0 bridgehead atoms. The lowest BCUT2D eigenvalue weighted by Gasteiger charge is -2.32. The van der Waals surface area contributed by atoms with E-state index in [1.54, 1.807) is 32.0 Å². The third-order valence-electron chi connectivity index (χ3n) is 3.48. The van der Waals surface area contributed by atoms with Gasteiger partial charge in [-0.25, -0.2) is 4.79 Å². The third kappa shape index (κ3) is 2.48. The molecule has 2 aromatic carbocycles. The van der Waals surface area contributed by atoms with Gasteiger partial charge in [0.25, 0.3) is 0 Å². The van der Waals surface area contributed by atoms with Gasteiger partial charge in [-0.1, -0.05) is 24.3 Å². The standard InChI is InChI=1S/C18H16O4/c1-11-7-14(13-6-4-5-12(9-13)10-19)16-15(8-11)21-18(2,3)22-17(16)20/h4-10H,1-3H3. The Kier molecular flexibility index (Phi) is 3.24. The van der Waals surface area contributed by atoms with Crippen LogP contribution in [0.25, 0.3) is 11.1 Å². The van der Waals surface area contributed by atoms with E-state index in [1.807, 2.05) is 25.1 Å². The molecule has 0 N–H and O–H groups in total. The van der Waals surface area contributed by atoms with E-state index in [-0.39, 0.29) is 0 Å². The molecule has 112 valence electrons. The number of carbonyl (C=O) groups is 2. The van der Waals surface area contributed by atoms with Gasteiger partial charge < -0.3 is 9.47 Å². The molecule has 0 atom stereocenters. The highest BCUT2D eigenvalue weighted by Gasteiger charge is 2.35. The molecule has 1 aliphatic heterocycles. The van der Waals surface area contributed by atoms with Crippen molar-refractivity contribution in [3.63, 3.8) is 0 Å². The zero-order valence-corrected chi connectivity index (χ0v) is 12.7. The largest absolute Gasteiger partial charge is 0.452 e. The van der Waals surface area contributed by atoms with Crippen molar-refractivity contribution in [1.29, 1.82) is 0 Å². The van der Waals surface area contributed by atoms with E-state index in [0.717, 1.165) is 17.4 Å². The molecule has 2 aromatic rings. The first-order valence-electron chi connectivity index (χ1n) is 7.02. The number of hydrogen-bond acceptors (Lipinski definition) is 4. The maximum atomic E-state index is 12.4. The van der Waals surface area contributed by atoms with Crippen LogP contribution in [-0.2, 0) is 4.74 Å². The van der Waals surface area contributed by atoms with Crippen LogP contribution in [0, 0.1) is 6.92 Å². The van der Waals surface area contributed by atoms with E-state index in [0.29, 0.717) is 22.4 Å². The van der Waals surface area contributed by atoms with E-state index >= 15 is 0 Å². The van der Waals surface area contributed by atoms with Crippen LogP contribution in [0.5, 0.6) is 5.75 Å². The second-order valence-corrected chi connectivity index (χ2v) is 5.82. The van der Waals surface area contributed by atoms with Gasteiger partial charge in [0.15, 0.2) is 0 Å². The predicted molar refractivity (Wildman–Crippen MR) is 82.1 cm³/mol. The summed E-state index contributed by atoms with van der Waals surface area (Å²) in [5.41, 5.74) is 3.41. The average Bonchev–Trinajstić information content (AvgIpc) is 2.44. The molecule has 0 aliphatic carbocycles. The van der Waals surface area contributed by atoms with Gasteiger partial charge in [0.2, 0.25) is 5.79 Å². The molecule has 0 unspecified atom stereocenters. The Morgan fingerprint density at radius 3 is 2.59 bits per heavy atom. The molecule has 4 heteroatoms. The summed E-state index contributed by atoms with van der Waals surface area (Å²) in [6.07, 6.45) is 0.781. The summed E-state index contributed by atoms with van der Waals surface area (Å²) >= 11 is 0. The van der Waals surface area contributed by atoms with E-state index in [1.165, 1.54) is 0 Å². The Morgan fingerprint density at radius 1 is 1.09 bits per heavy atom. The van der Waals surface area contributed by atoms with Crippen LogP contribution in [0.2, 0.25) is 0 Å². The Morgan fingerprint density at radius 2 is 1.86 bits per heavy atom. The van der Waals surface area contributed by atoms with Crippen LogP contribution in [0.1, 0.15) is 40.1 Å². The summed E-state index contributed by atoms with van der Waals surface area (Å²) < 4.78 is 11.1. The molecule has 0 saturated carbocycles. The first-order chi connectivity index (χ1) is 10.4. The van der Waals surface area contributed by atoms with Crippen LogP contribution in [0.3, 0.4) is 0 Å². The zero-order chi connectivity index (χ0) is 15.9. The van der Waals surface area contributed by atoms with Crippen LogP contribution in [0.15, 0.2) is 36.4 Å². The number of rotatable bonds is 2. The van der Waals surface area contributed by atoms with Gasteiger partial charge >= 0.3 is 5.97 Å². The second kappa shape index (κ2) is 4.98. The first kappa shape index (κ1) is 14.3. The number of ether oxygens (including phenoxy) is 2. The van der Waals surface area contributed by atoms with Gasteiger partial charge in [0.1, 0.15) is 17.6 Å². The van der Waals surface area contributed by atoms with Gasteiger partial charge in [0.05, 0.1) is 0 Å². The predicted octanol–water partition coefficient (Wildman–Crippen LogP) is 3.76. The van der Waals surface area contributed by atoms with Crippen molar-refractivity contribution >= 4 is 12.3 Å². The fraction of sp³-hybridized carbons (Fsp3) is 0.222. The molecule has 4 nitrogen and oxygen atoms in total. The Balaban J connectivity index is 2.23. The monoisotopic (exact) mass is 296 g/mol. The fourth-order valence-corrected chi connectivity index (χ4v) is 2.61. The lowest BCUT2D eigenvalue weighted by atomic mass is 9.95. The number of cyclic esters (lactones) is 1. The third-order valence-corrected chi connectivity index (χ3v) is 3.48. The van der Waals surface area contributed by atoms with Crippen LogP contribution < -0.4 is 4.74 Å². The smallest absolute Gasteiger partial charge is 0.345 e. The Bertz CT molecular complexity index is 775. The van der Waals surface area contributed by atoms with Gasteiger partial charge in [-0.15, -0.1) is 0 Å². The van der Waals surface area contributed by atoms with Crippen LogP contribution in [-0.4, -0.2) is 18.0 Å². The molecule has 0 saturated heterocycles. The Labute approximate surface area is 128 Å². The maximum absolute atomic E-state index is 12.4. The zero-order valence-electron chi connectivity index (χ0n) is 12.7. The van der Waals surface area contributed by atoms with Crippen molar-refractivity contribution < 1.29 is 19.1 Å². The van der Waals surface area contributed by atoms with E-state index in [4.69, 9.17) is 9.47 Å². The van der Waals surface area contributed by atoms with Gasteiger partial charge in [0, 0.05) is 25.0 Å². The highest BCUT2D eigenvalue weighted by atomic mass is 16.7. The van der Waals surface area contributed by atoms with Crippen molar-refractivity contribution in [1.82, 2.24) is 0 Å². The topological polar surface area (TPSA) is 52.6 Å². The quantitative estimate of drug-likeness (QED) is 0.625. The molecule has 22 heavy (non-hydrogen) atoms. The van der Waals surface area contributed by atoms with Crippen LogP contribution in [0.4, 0.5) is 0 Å². The number of carbonyl (C=O) groups excluding carboxylic acids is 2. The first-order valence-corrected chi connectivity index (χ1v) is 7.02. The highest BCUT2D eigenvalue weighted by molar-refractivity contribution is 6.01. The summed E-state index contributed by atoms with van der Waals surface area (Å²) in [5.74, 6) is -0.898. The minimum atomic E-state index is -0.986. The lowest BCUT2D eigenvalue weighted by Crippen LogP contribution is -2.39. The summed E-state index contributed by atoms with van der Waals surface area (Å²) in [6, 6.07) is 10.8. The number of benzene rings is 2. The lowest BCUT2D eigenvalue weighted by molar-refractivity contribution is -0.127. The molecule has 0 aromatic heterocycles. The molecule has 0 radical (unpaired) electrons. The summed E-state index contributed by atoms with van der Waals surface area (Å²) in [6.45, 7) is 5.33. The van der Waals surface area contributed by atoms with E-state index < -0.39 is 11.8 Å². The highest BCUT2D eigenvalue weighted by Crippen LogP contribution is 2.38. The summed E-state index contributed by atoms with van der Waals surface area (Å²) in [5, 5.41) is 0. The van der Waals surface area contributed by atoms with Crippen LogP contribution >= 0.6 is 0 Å². The molecule has 1 aliphatic rings. The second-order valence-electron chi connectivity index (χ2n) is 5.82. The number of aldehydes is 1. The molecule has 3 rings (SSSR count). The molecular formula is C18H16O4. The van der Waals surface area contributed by atoms with Gasteiger partial charge in [-0.3, -0.25) is 4.79 Å².